The summed E-state index contributed by atoms with van der Waals surface area (Å²) in [6, 6.07) is 29.4. The fraction of sp³-hybridized carbons (Fsp3) is 0.465. The molecule has 0 aromatic heterocycles. The summed E-state index contributed by atoms with van der Waals surface area (Å²) in [6.07, 6.45) is 3.45. The zero-order chi connectivity index (χ0) is 37.1. The first-order valence-electron chi connectivity index (χ1n) is 18.1. The molecule has 0 aliphatic heterocycles. The lowest BCUT2D eigenvalue weighted by molar-refractivity contribution is -0.354. The van der Waals surface area contributed by atoms with Gasteiger partial charge in [-0.05, 0) is 66.0 Å². The standard InChI is InChI=1S/C43H53NO7/c1-7-30(2)27-36(45)43(49)31(3)23-24-35-39(4,5)25-26-41(48,40(35,43)6)51-38(47)29-50-37(46)28-44-42(32-17-11-8-12-18-32,33-19-13-9-14-20-33)34-21-15-10-16-22-34/h7-22,30-31,35,44,48-49H,1,23-29H2,2-6H3/t30-,31+,35+,40-,41+,43-/m1/s1. The number of benzene rings is 3. The number of nitrogens with one attached hydrogen (secondary N) is 1. The van der Waals surface area contributed by atoms with Crippen LogP contribution >= 0.6 is 0 Å². The number of aliphatic hydroxyl groups is 2. The monoisotopic (exact) mass is 695 g/mol. The van der Waals surface area contributed by atoms with Crippen LogP contribution in [0.3, 0.4) is 0 Å². The molecule has 0 amide bonds. The first-order valence-corrected chi connectivity index (χ1v) is 18.1. The van der Waals surface area contributed by atoms with Crippen LogP contribution in [0.4, 0.5) is 0 Å². The molecule has 272 valence electrons. The van der Waals surface area contributed by atoms with Crippen LogP contribution in [-0.2, 0) is 29.4 Å². The molecule has 2 fully saturated rings. The van der Waals surface area contributed by atoms with E-state index >= 15 is 0 Å². The maximum absolute atomic E-state index is 14.0. The van der Waals surface area contributed by atoms with Gasteiger partial charge in [-0.1, -0.05) is 125 Å². The van der Waals surface area contributed by atoms with Crippen molar-refractivity contribution in [1.82, 2.24) is 5.32 Å². The molecule has 2 aliphatic rings. The molecule has 0 spiro atoms. The van der Waals surface area contributed by atoms with Crippen LogP contribution in [-0.4, -0.2) is 52.5 Å². The highest BCUT2D eigenvalue weighted by Gasteiger charge is 2.74. The van der Waals surface area contributed by atoms with Crippen molar-refractivity contribution in [2.45, 2.75) is 83.6 Å². The molecule has 0 radical (unpaired) electrons. The second-order valence-corrected chi connectivity index (χ2v) is 15.4. The molecule has 0 saturated heterocycles. The van der Waals surface area contributed by atoms with E-state index < -0.39 is 52.6 Å². The summed E-state index contributed by atoms with van der Waals surface area (Å²) < 4.78 is 11.3. The molecule has 2 saturated carbocycles. The average molecular weight is 696 g/mol. The molecular weight excluding hydrogens is 642 g/mol. The predicted octanol–water partition coefficient (Wildman–Crippen LogP) is 6.73. The highest BCUT2D eigenvalue weighted by atomic mass is 16.7. The number of Topliss-reactive ketones (excluding diaryl/α,β-unsaturated/α-hetero) is 1. The van der Waals surface area contributed by atoms with Gasteiger partial charge >= 0.3 is 11.9 Å². The Bertz CT molecular complexity index is 1600. The Balaban J connectivity index is 1.37. The minimum absolute atomic E-state index is 0.0152. The zero-order valence-electron chi connectivity index (χ0n) is 30.6. The van der Waals surface area contributed by atoms with Crippen molar-refractivity contribution in [3.63, 3.8) is 0 Å². The molecule has 2 aliphatic carbocycles. The van der Waals surface area contributed by atoms with Gasteiger partial charge in [0.2, 0.25) is 5.79 Å². The lowest BCUT2D eigenvalue weighted by atomic mass is 9.41. The summed E-state index contributed by atoms with van der Waals surface area (Å²) in [6.45, 7) is 12.3. The van der Waals surface area contributed by atoms with Crippen LogP contribution in [0.25, 0.3) is 0 Å². The van der Waals surface area contributed by atoms with E-state index in [-0.39, 0.29) is 36.6 Å². The molecule has 3 N–H and O–H groups in total. The first-order chi connectivity index (χ1) is 24.2. The number of fused-ring (bicyclic) bond motifs is 1. The van der Waals surface area contributed by atoms with Crippen molar-refractivity contribution in [1.29, 1.82) is 0 Å². The third-order valence-electron chi connectivity index (χ3n) is 12.0. The second-order valence-electron chi connectivity index (χ2n) is 15.4. The third-order valence-corrected chi connectivity index (χ3v) is 12.0. The Hall–Kier alpha value is -4.11. The maximum Gasteiger partial charge on any atom is 0.346 e. The molecule has 6 atom stereocenters. The molecular formula is C43H53NO7. The number of allylic oxidation sites excluding steroid dienone is 1. The Kier molecular flexibility index (Phi) is 11.1. The van der Waals surface area contributed by atoms with Gasteiger partial charge in [0.05, 0.1) is 17.5 Å². The third kappa shape index (κ3) is 6.82. The minimum Gasteiger partial charge on any atom is -0.453 e. The van der Waals surface area contributed by atoms with E-state index in [0.717, 1.165) is 16.7 Å². The molecule has 8 heteroatoms. The highest BCUT2D eigenvalue weighted by molar-refractivity contribution is 5.89. The summed E-state index contributed by atoms with van der Waals surface area (Å²) in [4.78, 5) is 40.8. The SMILES string of the molecule is C=C[C@@H](C)CC(=O)[C@]1(O)[C@@H](C)CC[C@H]2C(C)(C)CC[C@](O)(OC(=O)COC(=O)CNC(c3ccccc3)(c3ccccc3)c3ccccc3)[C@@]21C. The number of carbonyl (C=O) groups excluding carboxylic acids is 3. The number of ether oxygens (including phenoxy) is 2. The van der Waals surface area contributed by atoms with E-state index in [2.05, 4.69) is 25.7 Å². The zero-order valence-corrected chi connectivity index (χ0v) is 30.6. The number of hydrogen-bond acceptors (Lipinski definition) is 8. The van der Waals surface area contributed by atoms with Crippen molar-refractivity contribution >= 4 is 17.7 Å². The number of hydrogen-bond donors (Lipinski definition) is 3. The predicted molar refractivity (Wildman–Crippen MR) is 196 cm³/mol. The quantitative estimate of drug-likeness (QED) is 0.0780. The molecule has 0 bridgehead atoms. The molecule has 0 heterocycles. The summed E-state index contributed by atoms with van der Waals surface area (Å²) in [5.74, 6) is -5.27. The van der Waals surface area contributed by atoms with Crippen LogP contribution < -0.4 is 5.32 Å². The van der Waals surface area contributed by atoms with Crippen LogP contribution in [0.1, 0.15) is 83.4 Å². The van der Waals surface area contributed by atoms with E-state index in [0.29, 0.717) is 19.3 Å². The van der Waals surface area contributed by atoms with Gasteiger partial charge < -0.3 is 19.7 Å². The molecule has 0 unspecified atom stereocenters. The smallest absolute Gasteiger partial charge is 0.346 e. The van der Waals surface area contributed by atoms with E-state index in [1.165, 1.54) is 0 Å². The van der Waals surface area contributed by atoms with Crippen molar-refractivity contribution in [2.75, 3.05) is 13.2 Å². The van der Waals surface area contributed by atoms with E-state index in [4.69, 9.17) is 9.47 Å². The summed E-state index contributed by atoms with van der Waals surface area (Å²) in [7, 11) is 0. The molecule has 3 aromatic carbocycles. The lowest BCUT2D eigenvalue weighted by Gasteiger charge is -2.66. The molecule has 8 nitrogen and oxygen atoms in total. The molecule has 3 aromatic rings. The highest BCUT2D eigenvalue weighted by Crippen LogP contribution is 2.66. The van der Waals surface area contributed by atoms with Gasteiger partial charge in [-0.15, -0.1) is 6.58 Å². The van der Waals surface area contributed by atoms with Crippen molar-refractivity contribution < 1.29 is 34.1 Å². The maximum atomic E-state index is 14.0. The van der Waals surface area contributed by atoms with Crippen LogP contribution in [0.2, 0.25) is 0 Å². The van der Waals surface area contributed by atoms with Crippen LogP contribution in [0.15, 0.2) is 104 Å². The van der Waals surface area contributed by atoms with Gasteiger partial charge in [0.1, 0.15) is 5.60 Å². The largest absolute Gasteiger partial charge is 0.453 e. The van der Waals surface area contributed by atoms with E-state index in [9.17, 15) is 24.6 Å². The van der Waals surface area contributed by atoms with Crippen LogP contribution in [0.5, 0.6) is 0 Å². The number of esters is 2. The van der Waals surface area contributed by atoms with Crippen molar-refractivity contribution in [2.24, 2.45) is 28.6 Å². The molecule has 5 rings (SSSR count). The normalized spacial score (nSPS) is 27.7. The van der Waals surface area contributed by atoms with Crippen molar-refractivity contribution in [3.8, 4) is 0 Å². The Morgan fingerprint density at radius 1 is 0.863 bits per heavy atom. The van der Waals surface area contributed by atoms with Gasteiger partial charge in [-0.2, -0.15) is 0 Å². The van der Waals surface area contributed by atoms with Gasteiger partial charge in [0, 0.05) is 12.8 Å². The summed E-state index contributed by atoms with van der Waals surface area (Å²) in [5, 5.41) is 28.3. The van der Waals surface area contributed by atoms with Crippen LogP contribution in [0, 0.1) is 28.6 Å². The minimum atomic E-state index is -2.19. The Morgan fingerprint density at radius 2 is 1.37 bits per heavy atom. The summed E-state index contributed by atoms with van der Waals surface area (Å²) in [5.41, 5.74) is -2.06. The van der Waals surface area contributed by atoms with Gasteiger partial charge in [0.25, 0.3) is 0 Å². The van der Waals surface area contributed by atoms with Gasteiger partial charge in [-0.25, -0.2) is 4.79 Å². The fourth-order valence-corrected chi connectivity index (χ4v) is 9.10. The first kappa shape index (κ1) is 38.1. The number of ketones is 1. The van der Waals surface area contributed by atoms with Gasteiger partial charge in [0.15, 0.2) is 12.4 Å². The fourth-order valence-electron chi connectivity index (χ4n) is 9.10. The van der Waals surface area contributed by atoms with Crippen molar-refractivity contribution in [3.05, 3.63) is 120 Å². The average Bonchev–Trinajstić information content (AvgIpc) is 3.13. The second kappa shape index (κ2) is 14.9. The molecule has 51 heavy (non-hydrogen) atoms. The van der Waals surface area contributed by atoms with E-state index in [1.54, 1.807) is 13.0 Å². The Labute approximate surface area is 302 Å². The number of carbonyl (C=O) groups is 3. The van der Waals surface area contributed by atoms with Gasteiger partial charge in [-0.3, -0.25) is 14.9 Å². The Morgan fingerprint density at radius 3 is 1.86 bits per heavy atom. The lowest BCUT2D eigenvalue weighted by Crippen LogP contribution is -2.75. The summed E-state index contributed by atoms with van der Waals surface area (Å²) >= 11 is 0. The van der Waals surface area contributed by atoms with E-state index in [1.807, 2.05) is 105 Å². The number of rotatable bonds is 13. The topological polar surface area (TPSA) is 122 Å².